The molecule has 1 atom stereocenters. The van der Waals surface area contributed by atoms with Crippen molar-refractivity contribution in [2.45, 2.75) is 19.3 Å². The van der Waals surface area contributed by atoms with E-state index in [-0.39, 0.29) is 16.9 Å². The van der Waals surface area contributed by atoms with Gasteiger partial charge in [0.15, 0.2) is 0 Å². The van der Waals surface area contributed by atoms with E-state index in [1.54, 1.807) is 36.4 Å². The van der Waals surface area contributed by atoms with Crippen molar-refractivity contribution in [1.29, 1.82) is 0 Å². The molecule has 5 heteroatoms. The Kier molecular flexibility index (Phi) is 4.71. The van der Waals surface area contributed by atoms with E-state index in [9.17, 15) is 9.59 Å². The van der Waals surface area contributed by atoms with Crippen molar-refractivity contribution in [2.24, 2.45) is 5.41 Å². The van der Waals surface area contributed by atoms with Gasteiger partial charge in [-0.05, 0) is 56.6 Å². The summed E-state index contributed by atoms with van der Waals surface area (Å²) in [7, 11) is 2.15. The Bertz CT molecular complexity index is 649. The van der Waals surface area contributed by atoms with Gasteiger partial charge in [0, 0.05) is 31.1 Å². The number of rotatable bonds is 3. The third-order valence-electron chi connectivity index (χ3n) is 5.18. The molecule has 24 heavy (non-hydrogen) atoms. The van der Waals surface area contributed by atoms with Crippen LogP contribution >= 0.6 is 0 Å². The number of likely N-dealkylation sites (tertiary alicyclic amines) is 2. The summed E-state index contributed by atoms with van der Waals surface area (Å²) in [5.41, 5.74) is 1.36. The van der Waals surface area contributed by atoms with Gasteiger partial charge in [0.1, 0.15) is 0 Å². The molecule has 5 nitrogen and oxygen atoms in total. The minimum Gasteiger partial charge on any atom is -0.478 e. The molecule has 0 radical (unpaired) electrons. The van der Waals surface area contributed by atoms with Crippen LogP contribution < -0.4 is 0 Å². The number of piperidine rings is 1. The maximum atomic E-state index is 12.5. The molecule has 2 aliphatic heterocycles. The zero-order valence-corrected chi connectivity index (χ0v) is 14.1. The summed E-state index contributed by atoms with van der Waals surface area (Å²) in [5, 5.41) is 8.90. The molecule has 1 N–H and O–H groups in total. The number of hydrogen-bond acceptors (Lipinski definition) is 3. The molecule has 2 saturated heterocycles. The van der Waals surface area contributed by atoms with Crippen LogP contribution in [0.4, 0.5) is 0 Å². The first-order valence-corrected chi connectivity index (χ1v) is 8.46. The summed E-state index contributed by atoms with van der Waals surface area (Å²) in [6.07, 6.45) is 6.82. The number of benzene rings is 1. The Morgan fingerprint density at radius 1 is 1.12 bits per heavy atom. The third kappa shape index (κ3) is 3.67. The number of carboxylic acid groups (broad SMARTS) is 1. The second-order valence-corrected chi connectivity index (χ2v) is 7.11. The first-order valence-electron chi connectivity index (χ1n) is 8.46. The van der Waals surface area contributed by atoms with E-state index in [1.165, 1.54) is 12.8 Å². The number of amides is 1. The van der Waals surface area contributed by atoms with Crippen molar-refractivity contribution in [3.05, 3.63) is 41.5 Å². The predicted molar refractivity (Wildman–Crippen MR) is 92.8 cm³/mol. The lowest BCUT2D eigenvalue weighted by Gasteiger charge is -2.40. The second kappa shape index (κ2) is 6.77. The molecule has 3 rings (SSSR count). The standard InChI is InChI=1S/C19H24N2O3/c1-20-12-10-19(13-20)9-2-11-21(14-19)17(22)8-5-15-3-6-16(7-4-15)18(23)24/h3-8H,2,9-14H2,1H3,(H,23,24). The maximum Gasteiger partial charge on any atom is 0.335 e. The highest BCUT2D eigenvalue weighted by Gasteiger charge is 2.40. The Labute approximate surface area is 142 Å². The highest BCUT2D eigenvalue weighted by molar-refractivity contribution is 5.92. The van der Waals surface area contributed by atoms with E-state index in [2.05, 4.69) is 11.9 Å². The lowest BCUT2D eigenvalue weighted by Crippen LogP contribution is -2.46. The number of carbonyl (C=O) groups excluding carboxylic acids is 1. The van der Waals surface area contributed by atoms with E-state index >= 15 is 0 Å². The summed E-state index contributed by atoms with van der Waals surface area (Å²) in [6, 6.07) is 6.54. The molecule has 0 bridgehead atoms. The van der Waals surface area contributed by atoms with E-state index < -0.39 is 5.97 Å². The van der Waals surface area contributed by atoms with E-state index in [0.29, 0.717) is 0 Å². The number of carboxylic acids is 1. The van der Waals surface area contributed by atoms with Gasteiger partial charge in [-0.3, -0.25) is 4.79 Å². The number of nitrogens with zero attached hydrogens (tertiary/aromatic N) is 2. The molecule has 1 aromatic rings. The Morgan fingerprint density at radius 2 is 1.88 bits per heavy atom. The van der Waals surface area contributed by atoms with Crippen molar-refractivity contribution in [3.8, 4) is 0 Å². The smallest absolute Gasteiger partial charge is 0.335 e. The molecule has 1 spiro atoms. The molecule has 0 aromatic heterocycles. The van der Waals surface area contributed by atoms with Crippen molar-refractivity contribution in [2.75, 3.05) is 33.2 Å². The van der Waals surface area contributed by atoms with Crippen LogP contribution in [-0.4, -0.2) is 60.0 Å². The van der Waals surface area contributed by atoms with Crippen molar-refractivity contribution < 1.29 is 14.7 Å². The number of carbonyl (C=O) groups is 2. The second-order valence-electron chi connectivity index (χ2n) is 7.11. The minimum atomic E-state index is -0.943. The molecule has 1 aromatic carbocycles. The summed E-state index contributed by atoms with van der Waals surface area (Å²) < 4.78 is 0. The number of aromatic carboxylic acids is 1. The van der Waals surface area contributed by atoms with Gasteiger partial charge < -0.3 is 14.9 Å². The lowest BCUT2D eigenvalue weighted by atomic mass is 9.79. The van der Waals surface area contributed by atoms with Gasteiger partial charge in [-0.2, -0.15) is 0 Å². The van der Waals surface area contributed by atoms with Gasteiger partial charge in [-0.25, -0.2) is 4.79 Å². The highest BCUT2D eigenvalue weighted by atomic mass is 16.4. The molecule has 0 saturated carbocycles. The average Bonchev–Trinajstić information content (AvgIpc) is 2.93. The molecule has 2 heterocycles. The molecule has 128 valence electrons. The molecule has 2 aliphatic rings. The van der Waals surface area contributed by atoms with Gasteiger partial charge in [-0.15, -0.1) is 0 Å². The van der Waals surface area contributed by atoms with Gasteiger partial charge in [0.05, 0.1) is 5.56 Å². The van der Waals surface area contributed by atoms with Crippen LogP contribution in [-0.2, 0) is 4.79 Å². The normalized spacial score (nSPS) is 24.8. The summed E-state index contributed by atoms with van der Waals surface area (Å²) in [6.45, 7) is 3.87. The van der Waals surface area contributed by atoms with Crippen LogP contribution in [0.5, 0.6) is 0 Å². The van der Waals surface area contributed by atoms with Gasteiger partial charge in [-0.1, -0.05) is 12.1 Å². The van der Waals surface area contributed by atoms with E-state index in [0.717, 1.165) is 38.2 Å². The summed E-state index contributed by atoms with van der Waals surface area (Å²) >= 11 is 0. The lowest BCUT2D eigenvalue weighted by molar-refractivity contribution is -0.129. The quantitative estimate of drug-likeness (QED) is 0.865. The fourth-order valence-corrected chi connectivity index (χ4v) is 3.90. The van der Waals surface area contributed by atoms with E-state index in [4.69, 9.17) is 5.11 Å². The SMILES string of the molecule is CN1CCC2(CCCN(C(=O)C=Cc3ccc(C(=O)O)cc3)C2)C1. The minimum absolute atomic E-state index is 0.0472. The van der Waals surface area contributed by atoms with Gasteiger partial charge in [0.25, 0.3) is 0 Å². The average molecular weight is 328 g/mol. The predicted octanol–water partition coefficient (Wildman–Crippen LogP) is 2.34. The molecular weight excluding hydrogens is 304 g/mol. The Balaban J connectivity index is 1.62. The zero-order valence-electron chi connectivity index (χ0n) is 14.1. The molecule has 1 amide bonds. The van der Waals surface area contributed by atoms with Crippen molar-refractivity contribution in [3.63, 3.8) is 0 Å². The van der Waals surface area contributed by atoms with Crippen LogP contribution in [0.25, 0.3) is 6.08 Å². The summed E-state index contributed by atoms with van der Waals surface area (Å²) in [4.78, 5) is 27.7. The van der Waals surface area contributed by atoms with Crippen LogP contribution in [0.2, 0.25) is 0 Å². The van der Waals surface area contributed by atoms with Crippen LogP contribution in [0, 0.1) is 5.41 Å². The zero-order chi connectivity index (χ0) is 17.2. The third-order valence-corrected chi connectivity index (χ3v) is 5.18. The van der Waals surface area contributed by atoms with Crippen molar-refractivity contribution in [1.82, 2.24) is 9.80 Å². The van der Waals surface area contributed by atoms with E-state index in [1.807, 2.05) is 4.90 Å². The Hall–Kier alpha value is -2.14. The van der Waals surface area contributed by atoms with Gasteiger partial charge >= 0.3 is 5.97 Å². The number of hydrogen-bond donors (Lipinski definition) is 1. The molecule has 0 aliphatic carbocycles. The Morgan fingerprint density at radius 3 is 2.50 bits per heavy atom. The highest BCUT2D eigenvalue weighted by Crippen LogP contribution is 2.38. The monoisotopic (exact) mass is 328 g/mol. The molecule has 1 unspecified atom stereocenters. The topological polar surface area (TPSA) is 60.9 Å². The van der Waals surface area contributed by atoms with Crippen LogP contribution in [0.1, 0.15) is 35.2 Å². The maximum absolute atomic E-state index is 12.5. The van der Waals surface area contributed by atoms with Crippen LogP contribution in [0.15, 0.2) is 30.3 Å². The fraction of sp³-hybridized carbons (Fsp3) is 0.474. The summed E-state index contributed by atoms with van der Waals surface area (Å²) in [5.74, 6) is -0.896. The fourth-order valence-electron chi connectivity index (χ4n) is 3.90. The molecular formula is C19H24N2O3. The largest absolute Gasteiger partial charge is 0.478 e. The van der Waals surface area contributed by atoms with Gasteiger partial charge in [0.2, 0.25) is 5.91 Å². The first-order chi connectivity index (χ1) is 11.5. The van der Waals surface area contributed by atoms with Crippen LogP contribution in [0.3, 0.4) is 0 Å². The first kappa shape index (κ1) is 16.7. The van der Waals surface area contributed by atoms with Crippen molar-refractivity contribution >= 4 is 18.0 Å². The molecule has 2 fully saturated rings.